The van der Waals surface area contributed by atoms with Crippen molar-refractivity contribution < 1.29 is 0 Å². The zero-order valence-corrected chi connectivity index (χ0v) is 10.7. The minimum Gasteiger partial charge on any atom is -0.305 e. The molecule has 80 valence electrons. The summed E-state index contributed by atoms with van der Waals surface area (Å²) >= 11 is 3.39. The number of hydrogen-bond donors (Lipinski definition) is 1. The minimum absolute atomic E-state index is 0.206. The summed E-state index contributed by atoms with van der Waals surface area (Å²) in [5.41, 5.74) is 1.07. The first kappa shape index (κ1) is 10.8. The van der Waals surface area contributed by atoms with Gasteiger partial charge in [-0.3, -0.25) is 0 Å². The van der Waals surface area contributed by atoms with Crippen molar-refractivity contribution in [3.63, 3.8) is 0 Å². The molecule has 0 fully saturated rings. The third-order valence-corrected chi connectivity index (χ3v) is 3.73. The zero-order chi connectivity index (χ0) is 10.9. The summed E-state index contributed by atoms with van der Waals surface area (Å²) in [7, 11) is 0. The summed E-state index contributed by atoms with van der Waals surface area (Å²) < 4.78 is 4.74. The molecule has 15 heavy (non-hydrogen) atoms. The van der Waals surface area contributed by atoms with Crippen LogP contribution in [0.3, 0.4) is 0 Å². The first-order chi connectivity index (χ1) is 7.04. The lowest BCUT2D eigenvalue weighted by atomic mass is 10.3. The van der Waals surface area contributed by atoms with Gasteiger partial charge < -0.3 is 4.72 Å². The van der Waals surface area contributed by atoms with E-state index >= 15 is 0 Å². The van der Waals surface area contributed by atoms with E-state index in [2.05, 4.69) is 36.5 Å². The summed E-state index contributed by atoms with van der Waals surface area (Å²) in [4.78, 5) is 4.50. The second-order valence-corrected chi connectivity index (χ2v) is 6.97. The van der Waals surface area contributed by atoms with Gasteiger partial charge >= 0.3 is 0 Å². The maximum atomic E-state index is 4.50. The summed E-state index contributed by atoms with van der Waals surface area (Å²) in [5, 5.41) is 0.983. The van der Waals surface area contributed by atoms with Gasteiger partial charge in [0.15, 0.2) is 5.13 Å². The highest BCUT2D eigenvalue weighted by molar-refractivity contribution is 8.02. The van der Waals surface area contributed by atoms with Crippen LogP contribution < -0.4 is 4.72 Å². The highest BCUT2D eigenvalue weighted by atomic mass is 32.2. The van der Waals surface area contributed by atoms with E-state index in [-0.39, 0.29) is 4.75 Å². The van der Waals surface area contributed by atoms with E-state index < -0.39 is 0 Å². The van der Waals surface area contributed by atoms with Crippen LogP contribution in [0.15, 0.2) is 24.3 Å². The van der Waals surface area contributed by atoms with Gasteiger partial charge in [-0.05, 0) is 44.9 Å². The Morgan fingerprint density at radius 2 is 2.00 bits per heavy atom. The number of aromatic nitrogens is 1. The zero-order valence-electron chi connectivity index (χ0n) is 9.07. The summed E-state index contributed by atoms with van der Waals surface area (Å²) in [6, 6.07) is 8.20. The Morgan fingerprint density at radius 1 is 1.27 bits per heavy atom. The molecule has 0 saturated heterocycles. The van der Waals surface area contributed by atoms with Crippen molar-refractivity contribution >= 4 is 38.6 Å². The average molecular weight is 238 g/mol. The number of fused-ring (bicyclic) bond motifs is 1. The lowest BCUT2D eigenvalue weighted by Gasteiger charge is -2.16. The Kier molecular flexibility index (Phi) is 2.89. The lowest BCUT2D eigenvalue weighted by Crippen LogP contribution is -2.10. The van der Waals surface area contributed by atoms with Crippen LogP contribution in [0.1, 0.15) is 20.8 Å². The summed E-state index contributed by atoms with van der Waals surface area (Å²) in [6.07, 6.45) is 0. The molecule has 1 aromatic carbocycles. The van der Waals surface area contributed by atoms with E-state index in [1.165, 1.54) is 4.70 Å². The molecule has 1 aromatic heterocycles. The first-order valence-corrected chi connectivity index (χ1v) is 6.47. The van der Waals surface area contributed by atoms with Crippen LogP contribution in [-0.2, 0) is 0 Å². The Hall–Kier alpha value is -0.740. The fourth-order valence-corrected chi connectivity index (χ4v) is 2.56. The van der Waals surface area contributed by atoms with Gasteiger partial charge in [-0.1, -0.05) is 23.5 Å². The molecule has 0 aliphatic rings. The van der Waals surface area contributed by atoms with Crippen LogP contribution in [0.5, 0.6) is 0 Å². The minimum atomic E-state index is 0.206. The number of hydrogen-bond acceptors (Lipinski definition) is 4. The molecule has 0 amide bonds. The monoisotopic (exact) mass is 238 g/mol. The maximum absolute atomic E-state index is 4.50. The molecular formula is C11H14N2S2. The summed E-state index contributed by atoms with van der Waals surface area (Å²) in [6.45, 7) is 6.54. The van der Waals surface area contributed by atoms with E-state index in [1.54, 1.807) is 23.3 Å². The van der Waals surface area contributed by atoms with Crippen molar-refractivity contribution in [3.8, 4) is 0 Å². The number of para-hydroxylation sites is 1. The fourth-order valence-electron chi connectivity index (χ4n) is 1.11. The molecule has 4 heteroatoms. The number of nitrogens with one attached hydrogen (secondary N) is 1. The van der Waals surface area contributed by atoms with Gasteiger partial charge in [-0.25, -0.2) is 4.98 Å². The molecule has 2 aromatic rings. The van der Waals surface area contributed by atoms with Crippen molar-refractivity contribution in [3.05, 3.63) is 24.3 Å². The van der Waals surface area contributed by atoms with Crippen molar-refractivity contribution in [2.24, 2.45) is 0 Å². The van der Waals surface area contributed by atoms with Crippen molar-refractivity contribution in [2.75, 3.05) is 4.72 Å². The van der Waals surface area contributed by atoms with Gasteiger partial charge in [0, 0.05) is 4.75 Å². The van der Waals surface area contributed by atoms with E-state index in [0.717, 1.165) is 10.6 Å². The van der Waals surface area contributed by atoms with E-state index in [1.807, 2.05) is 18.2 Å². The van der Waals surface area contributed by atoms with Gasteiger partial charge in [0.2, 0.25) is 0 Å². The molecule has 2 nitrogen and oxygen atoms in total. The number of nitrogens with zero attached hydrogens (tertiary/aromatic N) is 1. The lowest BCUT2D eigenvalue weighted by molar-refractivity contribution is 0.806. The Bertz CT molecular complexity index is 424. The van der Waals surface area contributed by atoms with E-state index in [0.29, 0.717) is 0 Å². The first-order valence-electron chi connectivity index (χ1n) is 4.84. The molecule has 2 rings (SSSR count). The van der Waals surface area contributed by atoms with Crippen LogP contribution in [0.25, 0.3) is 10.2 Å². The molecule has 0 aliphatic carbocycles. The van der Waals surface area contributed by atoms with Crippen LogP contribution in [0.2, 0.25) is 0 Å². The second-order valence-electron chi connectivity index (χ2n) is 4.30. The average Bonchev–Trinajstić information content (AvgIpc) is 2.56. The predicted molar refractivity (Wildman–Crippen MR) is 70.6 cm³/mol. The molecule has 0 saturated carbocycles. The van der Waals surface area contributed by atoms with Crippen molar-refractivity contribution in [1.29, 1.82) is 0 Å². The van der Waals surface area contributed by atoms with E-state index in [4.69, 9.17) is 0 Å². The van der Waals surface area contributed by atoms with Gasteiger partial charge in [-0.15, -0.1) is 0 Å². The molecular weight excluding hydrogens is 224 g/mol. The second kappa shape index (κ2) is 4.02. The normalized spacial score (nSPS) is 11.9. The summed E-state index contributed by atoms with van der Waals surface area (Å²) in [5.74, 6) is 0. The smallest absolute Gasteiger partial charge is 0.193 e. The fraction of sp³-hybridized carbons (Fsp3) is 0.364. The van der Waals surface area contributed by atoms with Gasteiger partial charge in [0.05, 0.1) is 10.2 Å². The molecule has 0 atom stereocenters. The highest BCUT2D eigenvalue weighted by Crippen LogP contribution is 2.30. The molecule has 0 radical (unpaired) electrons. The van der Waals surface area contributed by atoms with Crippen molar-refractivity contribution in [2.45, 2.75) is 25.5 Å². The van der Waals surface area contributed by atoms with Gasteiger partial charge in [0.25, 0.3) is 0 Å². The third-order valence-electron chi connectivity index (χ3n) is 1.74. The number of rotatable bonds is 2. The molecule has 0 bridgehead atoms. The quantitative estimate of drug-likeness (QED) is 0.795. The van der Waals surface area contributed by atoms with Crippen LogP contribution in [0, 0.1) is 0 Å². The molecule has 1 N–H and O–H groups in total. The van der Waals surface area contributed by atoms with Crippen LogP contribution in [-0.4, -0.2) is 9.73 Å². The number of thiazole rings is 1. The molecule has 1 heterocycles. The standard InChI is InChI=1S/C11H14N2S2/c1-11(2,3)15-13-10-12-8-6-4-5-7-9(8)14-10/h4-7H,1-3H3,(H,12,13). The number of benzene rings is 1. The molecule has 0 unspecified atom stereocenters. The van der Waals surface area contributed by atoms with Gasteiger partial charge in [-0.2, -0.15) is 0 Å². The van der Waals surface area contributed by atoms with Gasteiger partial charge in [0.1, 0.15) is 0 Å². The van der Waals surface area contributed by atoms with Crippen molar-refractivity contribution in [1.82, 2.24) is 4.98 Å². The molecule has 0 aliphatic heterocycles. The number of anilines is 1. The topological polar surface area (TPSA) is 24.9 Å². The third kappa shape index (κ3) is 2.86. The maximum Gasteiger partial charge on any atom is 0.193 e. The van der Waals surface area contributed by atoms with Crippen LogP contribution in [0.4, 0.5) is 5.13 Å². The SMILES string of the molecule is CC(C)(C)SNc1nc2ccccc2s1. The Labute approximate surface area is 98.2 Å². The Morgan fingerprint density at radius 3 is 2.67 bits per heavy atom. The van der Waals surface area contributed by atoms with Crippen LogP contribution >= 0.6 is 23.3 Å². The molecule has 0 spiro atoms. The Balaban J connectivity index is 2.16. The highest BCUT2D eigenvalue weighted by Gasteiger charge is 2.12. The van der Waals surface area contributed by atoms with E-state index in [9.17, 15) is 0 Å². The predicted octanol–water partition coefficient (Wildman–Crippen LogP) is 4.15. The largest absolute Gasteiger partial charge is 0.305 e.